The minimum Gasteiger partial charge on any atom is -0.382 e. The van der Waals surface area contributed by atoms with Crippen molar-refractivity contribution in [3.8, 4) is 0 Å². The summed E-state index contributed by atoms with van der Waals surface area (Å²) in [5.41, 5.74) is 3.73. The Balaban J connectivity index is 3.77. The van der Waals surface area contributed by atoms with Crippen LogP contribution in [0.25, 0.3) is 0 Å². The first-order chi connectivity index (χ1) is 5.11. The van der Waals surface area contributed by atoms with Crippen molar-refractivity contribution in [2.75, 3.05) is 7.11 Å². The monoisotopic (exact) mass is 158 g/mol. The zero-order chi connectivity index (χ0) is 8.85. The van der Waals surface area contributed by atoms with Crippen LogP contribution in [0.3, 0.4) is 0 Å². The molecule has 0 aliphatic heterocycles. The fourth-order valence-electron chi connectivity index (χ4n) is 0.840. The molecule has 0 aromatic rings. The summed E-state index contributed by atoms with van der Waals surface area (Å²) >= 11 is 0. The highest BCUT2D eigenvalue weighted by Crippen LogP contribution is 2.06. The molecule has 0 fully saturated rings. The summed E-state index contributed by atoms with van der Waals surface area (Å²) in [6.07, 6.45) is 1.08. The van der Waals surface area contributed by atoms with Gasteiger partial charge in [-0.1, -0.05) is 12.2 Å². The summed E-state index contributed by atoms with van der Waals surface area (Å²) in [6.45, 7) is 7.77. The third kappa shape index (κ3) is 4.14. The average molecular weight is 158 g/mol. The zero-order valence-electron chi connectivity index (χ0n) is 7.55. The van der Waals surface area contributed by atoms with E-state index in [1.54, 1.807) is 7.11 Å². The number of rotatable bonds is 5. The van der Waals surface area contributed by atoms with E-state index in [1.165, 1.54) is 0 Å². The molecule has 0 aliphatic rings. The Hall–Kier alpha value is -0.380. The predicted octanol–water partition coefficient (Wildman–Crippen LogP) is 0.819. The highest BCUT2D eigenvalue weighted by Gasteiger charge is 2.10. The van der Waals surface area contributed by atoms with Gasteiger partial charge in [-0.25, -0.2) is 0 Å². The van der Waals surface area contributed by atoms with Crippen LogP contribution < -0.4 is 11.3 Å². The minimum atomic E-state index is 0.157. The molecule has 66 valence electrons. The number of nitrogens with one attached hydrogen (secondary N) is 1. The number of hydrogen-bond acceptors (Lipinski definition) is 3. The SMILES string of the molecule is C=C(C)C(CC(C)OC)NN. The standard InChI is InChI=1S/C8H18N2O/c1-6(2)8(10-9)5-7(3)11-4/h7-8,10H,1,5,9H2,2-4H3. The van der Waals surface area contributed by atoms with Crippen molar-refractivity contribution < 1.29 is 4.74 Å². The Morgan fingerprint density at radius 2 is 2.27 bits per heavy atom. The Kier molecular flexibility index (Phi) is 5.11. The van der Waals surface area contributed by atoms with Gasteiger partial charge in [-0.3, -0.25) is 11.3 Å². The van der Waals surface area contributed by atoms with Crippen LogP contribution in [0, 0.1) is 0 Å². The lowest BCUT2D eigenvalue weighted by atomic mass is 10.1. The predicted molar refractivity (Wildman–Crippen MR) is 47.0 cm³/mol. The van der Waals surface area contributed by atoms with E-state index in [1.807, 2.05) is 13.8 Å². The van der Waals surface area contributed by atoms with Crippen molar-refractivity contribution in [2.45, 2.75) is 32.4 Å². The van der Waals surface area contributed by atoms with E-state index in [-0.39, 0.29) is 12.1 Å². The lowest BCUT2D eigenvalue weighted by Crippen LogP contribution is -2.38. The maximum Gasteiger partial charge on any atom is 0.0561 e. The van der Waals surface area contributed by atoms with Crippen molar-refractivity contribution >= 4 is 0 Å². The molecule has 11 heavy (non-hydrogen) atoms. The van der Waals surface area contributed by atoms with E-state index in [2.05, 4.69) is 12.0 Å². The van der Waals surface area contributed by atoms with Gasteiger partial charge in [0.1, 0.15) is 0 Å². The van der Waals surface area contributed by atoms with Crippen molar-refractivity contribution in [3.63, 3.8) is 0 Å². The molecule has 0 aliphatic carbocycles. The molecule has 0 bridgehead atoms. The molecule has 2 atom stereocenters. The van der Waals surface area contributed by atoms with Crippen LogP contribution in [-0.2, 0) is 4.74 Å². The van der Waals surface area contributed by atoms with Crippen LogP contribution in [-0.4, -0.2) is 19.3 Å². The van der Waals surface area contributed by atoms with E-state index in [0.717, 1.165) is 12.0 Å². The topological polar surface area (TPSA) is 47.3 Å². The second-order valence-electron chi connectivity index (χ2n) is 2.85. The van der Waals surface area contributed by atoms with Gasteiger partial charge in [0, 0.05) is 13.2 Å². The molecule has 0 aromatic heterocycles. The summed E-state index contributed by atoms with van der Waals surface area (Å²) < 4.78 is 5.10. The highest BCUT2D eigenvalue weighted by atomic mass is 16.5. The second-order valence-corrected chi connectivity index (χ2v) is 2.85. The number of hydrogen-bond donors (Lipinski definition) is 2. The Bertz CT molecular complexity index is 125. The van der Waals surface area contributed by atoms with Crippen LogP contribution >= 0.6 is 0 Å². The van der Waals surface area contributed by atoms with Gasteiger partial charge >= 0.3 is 0 Å². The Morgan fingerprint density at radius 1 is 1.73 bits per heavy atom. The molecule has 0 saturated carbocycles. The third-order valence-corrected chi connectivity index (χ3v) is 1.77. The zero-order valence-corrected chi connectivity index (χ0v) is 7.55. The van der Waals surface area contributed by atoms with Gasteiger partial charge < -0.3 is 4.74 Å². The smallest absolute Gasteiger partial charge is 0.0561 e. The minimum absolute atomic E-state index is 0.157. The third-order valence-electron chi connectivity index (χ3n) is 1.77. The van der Waals surface area contributed by atoms with Crippen molar-refractivity contribution in [2.24, 2.45) is 5.84 Å². The van der Waals surface area contributed by atoms with Crippen LogP contribution in [0.15, 0.2) is 12.2 Å². The molecule has 0 rings (SSSR count). The van der Waals surface area contributed by atoms with Crippen LogP contribution in [0.1, 0.15) is 20.3 Å². The largest absolute Gasteiger partial charge is 0.382 e. The fraction of sp³-hybridized carbons (Fsp3) is 0.750. The summed E-state index contributed by atoms with van der Waals surface area (Å²) in [4.78, 5) is 0. The summed E-state index contributed by atoms with van der Waals surface area (Å²) in [7, 11) is 1.69. The van der Waals surface area contributed by atoms with Gasteiger partial charge in [-0.05, 0) is 20.3 Å². The normalized spacial score (nSPS) is 16.0. The number of hydrazine groups is 1. The van der Waals surface area contributed by atoms with Gasteiger partial charge in [0.15, 0.2) is 0 Å². The molecular weight excluding hydrogens is 140 g/mol. The van der Waals surface area contributed by atoms with Crippen molar-refractivity contribution in [1.82, 2.24) is 5.43 Å². The molecule has 2 unspecified atom stereocenters. The van der Waals surface area contributed by atoms with E-state index >= 15 is 0 Å². The molecule has 3 N–H and O–H groups in total. The van der Waals surface area contributed by atoms with Crippen LogP contribution in [0.4, 0.5) is 0 Å². The Labute approximate surface area is 68.6 Å². The molecule has 0 aromatic carbocycles. The van der Waals surface area contributed by atoms with E-state index < -0.39 is 0 Å². The first-order valence-electron chi connectivity index (χ1n) is 3.76. The van der Waals surface area contributed by atoms with Gasteiger partial charge in [-0.2, -0.15) is 0 Å². The van der Waals surface area contributed by atoms with E-state index in [4.69, 9.17) is 10.6 Å². The molecule has 0 heterocycles. The summed E-state index contributed by atoms with van der Waals surface area (Å²) in [5.74, 6) is 5.31. The van der Waals surface area contributed by atoms with Crippen molar-refractivity contribution in [3.05, 3.63) is 12.2 Å². The number of nitrogens with two attached hydrogens (primary N) is 1. The fourth-order valence-corrected chi connectivity index (χ4v) is 0.840. The second kappa shape index (κ2) is 5.29. The van der Waals surface area contributed by atoms with Gasteiger partial charge in [0.05, 0.1) is 6.10 Å². The highest BCUT2D eigenvalue weighted by molar-refractivity contribution is 5.01. The number of methoxy groups -OCH3 is 1. The first-order valence-corrected chi connectivity index (χ1v) is 3.76. The van der Waals surface area contributed by atoms with Gasteiger partial charge in [0.2, 0.25) is 0 Å². The maximum absolute atomic E-state index is 5.31. The van der Waals surface area contributed by atoms with Gasteiger partial charge in [0.25, 0.3) is 0 Å². The van der Waals surface area contributed by atoms with Crippen molar-refractivity contribution in [1.29, 1.82) is 0 Å². The molecule has 0 saturated heterocycles. The van der Waals surface area contributed by atoms with Gasteiger partial charge in [-0.15, -0.1) is 0 Å². The first kappa shape index (κ1) is 10.6. The molecule has 0 radical (unpaired) electrons. The lowest BCUT2D eigenvalue weighted by Gasteiger charge is -2.19. The average Bonchev–Trinajstić information content (AvgIpc) is 1.99. The summed E-state index contributed by atoms with van der Waals surface area (Å²) in [5, 5.41) is 0. The Morgan fingerprint density at radius 3 is 2.55 bits per heavy atom. The molecule has 0 amide bonds. The van der Waals surface area contributed by atoms with E-state index in [0.29, 0.717) is 0 Å². The van der Waals surface area contributed by atoms with Crippen LogP contribution in [0.2, 0.25) is 0 Å². The summed E-state index contributed by atoms with van der Waals surface area (Å²) in [6, 6.07) is 0.157. The van der Waals surface area contributed by atoms with E-state index in [9.17, 15) is 0 Å². The van der Waals surface area contributed by atoms with Crippen LogP contribution in [0.5, 0.6) is 0 Å². The number of ether oxygens (including phenoxy) is 1. The lowest BCUT2D eigenvalue weighted by molar-refractivity contribution is 0.104. The molecular formula is C8H18N2O. The molecule has 3 nitrogen and oxygen atoms in total. The maximum atomic E-state index is 5.31. The molecule has 3 heteroatoms. The quantitative estimate of drug-likeness (QED) is 0.354. The molecule has 0 spiro atoms.